The Kier molecular flexibility index (Phi) is 4.30. The minimum absolute atomic E-state index is 0.00958. The molecule has 1 heterocycles. The van der Waals surface area contributed by atoms with Crippen LogP contribution in [0, 0.1) is 0 Å². The fraction of sp³-hybridized carbons (Fsp3) is 0.267. The minimum Gasteiger partial charge on any atom is -0.477 e. The van der Waals surface area contributed by atoms with Crippen LogP contribution < -0.4 is 5.32 Å². The third-order valence-corrected chi connectivity index (χ3v) is 2.98. The van der Waals surface area contributed by atoms with Crippen molar-refractivity contribution in [3.8, 4) is 11.4 Å². The Morgan fingerprint density at radius 2 is 2.00 bits per heavy atom. The van der Waals surface area contributed by atoms with Crippen molar-refractivity contribution >= 4 is 11.8 Å². The van der Waals surface area contributed by atoms with Gasteiger partial charge in [0.05, 0.1) is 0 Å². The molecular formula is C15H17N3O2. The van der Waals surface area contributed by atoms with E-state index in [1.54, 1.807) is 0 Å². The van der Waals surface area contributed by atoms with Gasteiger partial charge in [0.15, 0.2) is 11.5 Å². The van der Waals surface area contributed by atoms with Crippen LogP contribution in [0.15, 0.2) is 36.4 Å². The molecule has 5 heteroatoms. The first-order chi connectivity index (χ1) is 9.60. The highest BCUT2D eigenvalue weighted by Gasteiger charge is 2.12. The number of hydrogen-bond acceptors (Lipinski definition) is 4. The molecule has 1 aromatic carbocycles. The van der Waals surface area contributed by atoms with Crippen LogP contribution >= 0.6 is 0 Å². The molecule has 20 heavy (non-hydrogen) atoms. The van der Waals surface area contributed by atoms with E-state index in [9.17, 15) is 4.79 Å². The summed E-state index contributed by atoms with van der Waals surface area (Å²) in [6.07, 6.45) is 0.924. The van der Waals surface area contributed by atoms with Gasteiger partial charge in [0.1, 0.15) is 5.82 Å². The zero-order chi connectivity index (χ0) is 14.5. The van der Waals surface area contributed by atoms with E-state index >= 15 is 0 Å². The highest BCUT2D eigenvalue weighted by molar-refractivity contribution is 5.87. The van der Waals surface area contributed by atoms with E-state index in [0.29, 0.717) is 11.6 Å². The number of carboxylic acid groups (broad SMARTS) is 1. The summed E-state index contributed by atoms with van der Waals surface area (Å²) in [5.41, 5.74) is 0.785. The van der Waals surface area contributed by atoms with E-state index in [1.807, 2.05) is 37.3 Å². The predicted molar refractivity (Wildman–Crippen MR) is 77.8 cm³/mol. The molecule has 0 spiro atoms. The Hall–Kier alpha value is -2.43. The molecule has 1 aromatic heterocycles. The lowest BCUT2D eigenvalue weighted by molar-refractivity contribution is 0.0690. The number of aromatic nitrogens is 2. The van der Waals surface area contributed by atoms with Crippen LogP contribution in [0.25, 0.3) is 11.4 Å². The fourth-order valence-corrected chi connectivity index (χ4v) is 1.70. The molecule has 0 saturated heterocycles. The van der Waals surface area contributed by atoms with Crippen LogP contribution in [-0.2, 0) is 0 Å². The van der Waals surface area contributed by atoms with Gasteiger partial charge in [-0.15, -0.1) is 0 Å². The second-order valence-corrected chi connectivity index (χ2v) is 4.59. The lowest BCUT2D eigenvalue weighted by Crippen LogP contribution is -2.16. The first kappa shape index (κ1) is 14.0. The van der Waals surface area contributed by atoms with E-state index in [0.717, 1.165) is 12.0 Å². The summed E-state index contributed by atoms with van der Waals surface area (Å²) in [7, 11) is 0. The number of hydrogen-bond donors (Lipinski definition) is 2. The van der Waals surface area contributed by atoms with Gasteiger partial charge < -0.3 is 10.4 Å². The molecule has 0 aliphatic rings. The van der Waals surface area contributed by atoms with Gasteiger partial charge >= 0.3 is 5.97 Å². The Morgan fingerprint density at radius 3 is 2.60 bits per heavy atom. The number of benzene rings is 1. The van der Waals surface area contributed by atoms with E-state index in [4.69, 9.17) is 5.11 Å². The molecule has 0 amide bonds. The van der Waals surface area contributed by atoms with E-state index in [2.05, 4.69) is 22.2 Å². The minimum atomic E-state index is -1.06. The van der Waals surface area contributed by atoms with Crippen molar-refractivity contribution in [2.24, 2.45) is 0 Å². The van der Waals surface area contributed by atoms with Gasteiger partial charge in [-0.2, -0.15) is 0 Å². The lowest BCUT2D eigenvalue weighted by atomic mass is 10.2. The standard InChI is InChI=1S/C15H17N3O2/c1-3-10(2)16-13-9-12(15(19)20)17-14(18-13)11-7-5-4-6-8-11/h4-10H,3H2,1-2H3,(H,19,20)(H,16,17,18). The fourth-order valence-electron chi connectivity index (χ4n) is 1.70. The van der Waals surface area contributed by atoms with Gasteiger partial charge in [0.2, 0.25) is 0 Å². The molecule has 1 atom stereocenters. The highest BCUT2D eigenvalue weighted by atomic mass is 16.4. The molecule has 5 nitrogen and oxygen atoms in total. The summed E-state index contributed by atoms with van der Waals surface area (Å²) >= 11 is 0. The van der Waals surface area contributed by atoms with Crippen molar-refractivity contribution in [1.82, 2.24) is 9.97 Å². The Bertz CT molecular complexity index is 599. The van der Waals surface area contributed by atoms with Gasteiger partial charge in [-0.25, -0.2) is 14.8 Å². The molecular weight excluding hydrogens is 254 g/mol. The smallest absolute Gasteiger partial charge is 0.354 e. The van der Waals surface area contributed by atoms with Crippen LogP contribution in [0.1, 0.15) is 30.8 Å². The normalized spacial score (nSPS) is 11.9. The van der Waals surface area contributed by atoms with Crippen molar-refractivity contribution in [2.45, 2.75) is 26.3 Å². The van der Waals surface area contributed by atoms with E-state index < -0.39 is 5.97 Å². The number of carboxylic acids is 1. The van der Waals surface area contributed by atoms with Gasteiger partial charge in [0, 0.05) is 17.7 Å². The summed E-state index contributed by atoms with van der Waals surface area (Å²) in [4.78, 5) is 19.6. The Morgan fingerprint density at radius 1 is 1.30 bits per heavy atom. The third-order valence-electron chi connectivity index (χ3n) is 2.98. The molecule has 104 valence electrons. The molecule has 0 aliphatic heterocycles. The first-order valence-electron chi connectivity index (χ1n) is 6.54. The molecule has 2 N–H and O–H groups in total. The van der Waals surface area contributed by atoms with Crippen LogP contribution in [0.5, 0.6) is 0 Å². The number of carbonyl (C=O) groups is 1. The maximum atomic E-state index is 11.2. The zero-order valence-electron chi connectivity index (χ0n) is 11.5. The van der Waals surface area contributed by atoms with E-state index in [-0.39, 0.29) is 11.7 Å². The SMILES string of the molecule is CCC(C)Nc1cc(C(=O)O)nc(-c2ccccc2)n1. The van der Waals surface area contributed by atoms with Crippen molar-refractivity contribution in [3.63, 3.8) is 0 Å². The van der Waals surface area contributed by atoms with Gasteiger partial charge in [0.25, 0.3) is 0 Å². The first-order valence-corrected chi connectivity index (χ1v) is 6.54. The summed E-state index contributed by atoms with van der Waals surface area (Å²) in [5, 5.41) is 12.3. The largest absolute Gasteiger partial charge is 0.477 e. The monoisotopic (exact) mass is 271 g/mol. The predicted octanol–water partition coefficient (Wildman–Crippen LogP) is 3.05. The maximum Gasteiger partial charge on any atom is 0.354 e. The highest BCUT2D eigenvalue weighted by Crippen LogP contribution is 2.18. The summed E-state index contributed by atoms with van der Waals surface area (Å²) in [6.45, 7) is 4.07. The van der Waals surface area contributed by atoms with Crippen molar-refractivity contribution in [1.29, 1.82) is 0 Å². The summed E-state index contributed by atoms with van der Waals surface area (Å²) in [5.74, 6) is -0.112. The van der Waals surface area contributed by atoms with Crippen LogP contribution in [-0.4, -0.2) is 27.1 Å². The molecule has 0 aliphatic carbocycles. The topological polar surface area (TPSA) is 75.1 Å². The molecule has 0 saturated carbocycles. The van der Waals surface area contributed by atoms with Crippen LogP contribution in [0.4, 0.5) is 5.82 Å². The Balaban J connectivity index is 2.44. The molecule has 2 aromatic rings. The quantitative estimate of drug-likeness (QED) is 0.874. The maximum absolute atomic E-state index is 11.2. The van der Waals surface area contributed by atoms with Crippen molar-refractivity contribution < 1.29 is 9.90 Å². The van der Waals surface area contributed by atoms with Gasteiger partial charge in [-0.3, -0.25) is 0 Å². The number of nitrogens with one attached hydrogen (secondary N) is 1. The number of aromatic carboxylic acids is 1. The lowest BCUT2D eigenvalue weighted by Gasteiger charge is -2.13. The third kappa shape index (κ3) is 3.32. The average Bonchev–Trinajstić information content (AvgIpc) is 2.47. The van der Waals surface area contributed by atoms with E-state index in [1.165, 1.54) is 6.07 Å². The average molecular weight is 271 g/mol. The molecule has 2 rings (SSSR count). The molecule has 1 unspecified atom stereocenters. The van der Waals surface area contributed by atoms with Crippen molar-refractivity contribution in [2.75, 3.05) is 5.32 Å². The molecule has 0 fully saturated rings. The second kappa shape index (κ2) is 6.14. The number of anilines is 1. The van der Waals surface area contributed by atoms with Gasteiger partial charge in [-0.05, 0) is 13.3 Å². The number of rotatable bonds is 5. The summed E-state index contributed by atoms with van der Waals surface area (Å²) in [6, 6.07) is 11.0. The second-order valence-electron chi connectivity index (χ2n) is 4.59. The number of nitrogens with zero attached hydrogens (tertiary/aromatic N) is 2. The van der Waals surface area contributed by atoms with Crippen molar-refractivity contribution in [3.05, 3.63) is 42.1 Å². The molecule has 0 bridgehead atoms. The Labute approximate surface area is 117 Å². The molecule has 0 radical (unpaired) electrons. The summed E-state index contributed by atoms with van der Waals surface area (Å²) < 4.78 is 0. The van der Waals surface area contributed by atoms with Crippen LogP contribution in [0.3, 0.4) is 0 Å². The van der Waals surface area contributed by atoms with Gasteiger partial charge in [-0.1, -0.05) is 37.3 Å². The van der Waals surface area contributed by atoms with Crippen LogP contribution in [0.2, 0.25) is 0 Å². The zero-order valence-corrected chi connectivity index (χ0v) is 11.5.